The van der Waals surface area contributed by atoms with Gasteiger partial charge in [0, 0.05) is 43.9 Å². The minimum Gasteiger partial charge on any atom is -0.486 e. The van der Waals surface area contributed by atoms with Crippen molar-refractivity contribution in [2.75, 3.05) is 0 Å². The highest BCUT2D eigenvalue weighted by molar-refractivity contribution is 5.94. The van der Waals surface area contributed by atoms with Gasteiger partial charge in [0.15, 0.2) is 0 Å². The van der Waals surface area contributed by atoms with Crippen LogP contribution in [0.2, 0.25) is 0 Å². The van der Waals surface area contributed by atoms with Gasteiger partial charge in [0.2, 0.25) is 0 Å². The lowest BCUT2D eigenvalue weighted by atomic mass is 10.1. The van der Waals surface area contributed by atoms with E-state index in [9.17, 15) is 9.18 Å². The van der Waals surface area contributed by atoms with Gasteiger partial charge < -0.3 is 19.2 Å². The van der Waals surface area contributed by atoms with Gasteiger partial charge in [-0.05, 0) is 48.9 Å². The molecule has 2 aromatic carbocycles. The van der Waals surface area contributed by atoms with E-state index in [1.165, 1.54) is 6.07 Å². The first-order valence-corrected chi connectivity index (χ1v) is 9.77. The number of amides is 1. The molecule has 158 valence electrons. The Labute approximate surface area is 179 Å². The summed E-state index contributed by atoms with van der Waals surface area (Å²) in [7, 11) is 1.90. The molecule has 0 fully saturated rings. The maximum absolute atomic E-state index is 14.5. The molecule has 4 rings (SSSR count). The summed E-state index contributed by atoms with van der Waals surface area (Å²) in [5.41, 5.74) is 1.59. The Morgan fingerprint density at radius 2 is 1.87 bits per heavy atom. The zero-order valence-electron chi connectivity index (χ0n) is 17.2. The predicted octanol–water partition coefficient (Wildman–Crippen LogP) is 3.56. The summed E-state index contributed by atoms with van der Waals surface area (Å²) in [6, 6.07) is 11.7. The van der Waals surface area contributed by atoms with Gasteiger partial charge in [-0.25, -0.2) is 14.4 Å². The van der Waals surface area contributed by atoms with E-state index < -0.39 is 0 Å². The minimum atomic E-state index is -0.373. The Kier molecular flexibility index (Phi) is 5.79. The molecule has 0 aliphatic rings. The van der Waals surface area contributed by atoms with Gasteiger partial charge in [-0.15, -0.1) is 0 Å². The number of halogens is 1. The second-order valence-electron chi connectivity index (χ2n) is 7.08. The normalized spacial score (nSPS) is 10.8. The van der Waals surface area contributed by atoms with E-state index in [-0.39, 0.29) is 18.3 Å². The summed E-state index contributed by atoms with van der Waals surface area (Å²) in [5, 5.41) is 2.81. The number of aromatic nitrogens is 4. The molecule has 0 spiro atoms. The Bertz CT molecular complexity index is 1200. The number of hydrogen-bond donors (Lipinski definition) is 1. The van der Waals surface area contributed by atoms with Crippen LogP contribution in [0.1, 0.15) is 27.6 Å². The highest BCUT2D eigenvalue weighted by Crippen LogP contribution is 2.17. The standard InChI is InChI=1S/C23H22FN5O2/c1-16-25-10-12-29(16)21-8-3-17(13-20(21)24)14-27-23(30)18-4-6-19(7-5-18)31-15-22-26-9-11-28(22)2/h3-13H,14-15H2,1-2H3,(H,27,30). The summed E-state index contributed by atoms with van der Waals surface area (Å²) in [6.45, 7) is 2.37. The first kappa shape index (κ1) is 20.3. The number of benzene rings is 2. The molecule has 8 heteroatoms. The van der Waals surface area contributed by atoms with Crippen LogP contribution in [0.25, 0.3) is 5.69 Å². The minimum absolute atomic E-state index is 0.219. The van der Waals surface area contributed by atoms with Crippen LogP contribution < -0.4 is 10.1 Å². The molecular weight excluding hydrogens is 397 g/mol. The number of imidazole rings is 2. The molecule has 31 heavy (non-hydrogen) atoms. The summed E-state index contributed by atoms with van der Waals surface area (Å²) in [4.78, 5) is 20.7. The zero-order chi connectivity index (χ0) is 21.8. The van der Waals surface area contributed by atoms with E-state index in [0.29, 0.717) is 35.0 Å². The van der Waals surface area contributed by atoms with Crippen LogP contribution in [-0.2, 0) is 20.2 Å². The number of ether oxygens (including phenoxy) is 1. The number of nitrogens with one attached hydrogen (secondary N) is 1. The third-order valence-electron chi connectivity index (χ3n) is 4.96. The lowest BCUT2D eigenvalue weighted by molar-refractivity contribution is 0.0951. The fourth-order valence-electron chi connectivity index (χ4n) is 3.16. The molecule has 2 aromatic heterocycles. The Balaban J connectivity index is 1.34. The van der Waals surface area contributed by atoms with Crippen LogP contribution >= 0.6 is 0 Å². The third kappa shape index (κ3) is 4.63. The third-order valence-corrected chi connectivity index (χ3v) is 4.96. The van der Waals surface area contributed by atoms with Gasteiger partial charge in [0.05, 0.1) is 5.69 Å². The highest BCUT2D eigenvalue weighted by atomic mass is 19.1. The second kappa shape index (κ2) is 8.83. The van der Waals surface area contributed by atoms with E-state index in [2.05, 4.69) is 15.3 Å². The van der Waals surface area contributed by atoms with E-state index in [1.54, 1.807) is 59.6 Å². The van der Waals surface area contributed by atoms with E-state index in [4.69, 9.17) is 4.74 Å². The Morgan fingerprint density at radius 1 is 1.10 bits per heavy atom. The molecule has 0 saturated heterocycles. The SMILES string of the molecule is Cc1nccn1-c1ccc(CNC(=O)c2ccc(OCc3nccn3C)cc2)cc1F. The fraction of sp³-hybridized carbons (Fsp3) is 0.174. The predicted molar refractivity (Wildman–Crippen MR) is 113 cm³/mol. The topological polar surface area (TPSA) is 74.0 Å². The van der Waals surface area contributed by atoms with Gasteiger partial charge in [0.1, 0.15) is 29.8 Å². The average molecular weight is 419 g/mol. The van der Waals surface area contributed by atoms with Gasteiger partial charge >= 0.3 is 0 Å². The van der Waals surface area contributed by atoms with E-state index >= 15 is 0 Å². The maximum Gasteiger partial charge on any atom is 0.251 e. The highest BCUT2D eigenvalue weighted by Gasteiger charge is 2.10. The molecule has 0 bridgehead atoms. The van der Waals surface area contributed by atoms with Crippen molar-refractivity contribution in [1.82, 2.24) is 24.4 Å². The van der Waals surface area contributed by atoms with E-state index in [1.807, 2.05) is 24.7 Å². The van der Waals surface area contributed by atoms with Crippen molar-refractivity contribution in [3.63, 3.8) is 0 Å². The summed E-state index contributed by atoms with van der Waals surface area (Å²) >= 11 is 0. The second-order valence-corrected chi connectivity index (χ2v) is 7.08. The molecular formula is C23H22FN5O2. The Hall–Kier alpha value is -3.94. The Morgan fingerprint density at radius 3 is 2.52 bits per heavy atom. The number of rotatable bonds is 7. The van der Waals surface area contributed by atoms with Gasteiger partial charge in [-0.3, -0.25) is 4.79 Å². The molecule has 1 N–H and O–H groups in total. The summed E-state index contributed by atoms with van der Waals surface area (Å²) in [6.07, 6.45) is 6.89. The first-order valence-electron chi connectivity index (χ1n) is 9.77. The molecule has 0 atom stereocenters. The zero-order valence-corrected chi connectivity index (χ0v) is 17.2. The molecule has 1 amide bonds. The lowest BCUT2D eigenvalue weighted by Gasteiger charge is -2.10. The van der Waals surface area contributed by atoms with E-state index in [0.717, 1.165) is 5.82 Å². The molecule has 0 saturated carbocycles. The van der Waals surface area contributed by atoms with Crippen LogP contribution in [0.4, 0.5) is 4.39 Å². The van der Waals surface area contributed by atoms with Crippen molar-refractivity contribution in [2.45, 2.75) is 20.1 Å². The van der Waals surface area contributed by atoms with Crippen molar-refractivity contribution in [3.8, 4) is 11.4 Å². The van der Waals surface area contributed by atoms with Gasteiger partial charge in [0.25, 0.3) is 5.91 Å². The average Bonchev–Trinajstić information content (AvgIpc) is 3.38. The molecule has 2 heterocycles. The number of carbonyl (C=O) groups is 1. The molecule has 4 aromatic rings. The van der Waals surface area contributed by atoms with Gasteiger partial charge in [-0.1, -0.05) is 6.07 Å². The van der Waals surface area contributed by atoms with Crippen LogP contribution in [-0.4, -0.2) is 25.0 Å². The summed E-state index contributed by atoms with van der Waals surface area (Å²) in [5.74, 6) is 1.54. The quantitative estimate of drug-likeness (QED) is 0.497. The van der Waals surface area contributed by atoms with Crippen molar-refractivity contribution >= 4 is 5.91 Å². The van der Waals surface area contributed by atoms with Crippen LogP contribution in [0, 0.1) is 12.7 Å². The lowest BCUT2D eigenvalue weighted by Crippen LogP contribution is -2.22. The van der Waals surface area contributed by atoms with Gasteiger partial charge in [-0.2, -0.15) is 0 Å². The summed E-state index contributed by atoms with van der Waals surface area (Å²) < 4.78 is 23.8. The maximum atomic E-state index is 14.5. The smallest absolute Gasteiger partial charge is 0.251 e. The van der Waals surface area contributed by atoms with Crippen molar-refractivity contribution in [1.29, 1.82) is 0 Å². The molecule has 0 aliphatic heterocycles. The van der Waals surface area contributed by atoms with Crippen molar-refractivity contribution < 1.29 is 13.9 Å². The van der Waals surface area contributed by atoms with Crippen LogP contribution in [0.15, 0.2) is 67.3 Å². The molecule has 0 unspecified atom stereocenters. The first-order chi connectivity index (χ1) is 15.0. The molecule has 0 radical (unpaired) electrons. The number of aryl methyl sites for hydroxylation is 2. The number of carbonyl (C=O) groups excluding carboxylic acids is 1. The molecule has 0 aliphatic carbocycles. The van der Waals surface area contributed by atoms with Crippen molar-refractivity contribution in [3.05, 3.63) is 95.8 Å². The van der Waals surface area contributed by atoms with Crippen LogP contribution in [0.5, 0.6) is 5.75 Å². The largest absolute Gasteiger partial charge is 0.486 e. The number of hydrogen-bond acceptors (Lipinski definition) is 4. The van der Waals surface area contributed by atoms with Crippen LogP contribution in [0.3, 0.4) is 0 Å². The molecule has 7 nitrogen and oxygen atoms in total. The monoisotopic (exact) mass is 419 g/mol. The van der Waals surface area contributed by atoms with Crippen molar-refractivity contribution in [2.24, 2.45) is 7.05 Å². The number of nitrogens with zero attached hydrogens (tertiary/aromatic N) is 4. The fourth-order valence-corrected chi connectivity index (χ4v) is 3.16.